The molecule has 19 heavy (non-hydrogen) atoms. The van der Waals surface area contributed by atoms with E-state index in [1.807, 2.05) is 0 Å². The second-order valence-corrected chi connectivity index (χ2v) is 4.99. The summed E-state index contributed by atoms with van der Waals surface area (Å²) in [4.78, 5) is 14.3. The first-order valence-electron chi connectivity index (χ1n) is 6.73. The first-order chi connectivity index (χ1) is 9.25. The highest BCUT2D eigenvalue weighted by Crippen LogP contribution is 2.33. The van der Waals surface area contributed by atoms with Crippen molar-refractivity contribution in [2.75, 3.05) is 26.2 Å². The van der Waals surface area contributed by atoms with Gasteiger partial charge in [0.1, 0.15) is 5.82 Å². The molecule has 0 saturated carbocycles. The Morgan fingerprint density at radius 3 is 2.42 bits per heavy atom. The zero-order valence-corrected chi connectivity index (χ0v) is 10.8. The van der Waals surface area contributed by atoms with E-state index in [1.165, 1.54) is 12.1 Å². The molecule has 0 amide bonds. The number of piperazine rings is 1. The topological polar surface area (TPSA) is 32.3 Å². The van der Waals surface area contributed by atoms with Crippen molar-refractivity contribution in [2.24, 2.45) is 0 Å². The minimum atomic E-state index is -0.239. The van der Waals surface area contributed by atoms with Crippen molar-refractivity contribution in [3.05, 3.63) is 41.3 Å². The number of allylic oxidation sites excluding steroid dienone is 2. The zero-order chi connectivity index (χ0) is 13.2. The molecule has 4 heteroatoms. The maximum atomic E-state index is 13.0. The van der Waals surface area contributed by atoms with Crippen LogP contribution in [0.25, 0.3) is 5.57 Å². The molecular weight excluding hydrogens is 243 g/mol. The number of hydrogen-bond acceptors (Lipinski definition) is 3. The van der Waals surface area contributed by atoms with Crippen LogP contribution in [0.2, 0.25) is 0 Å². The van der Waals surface area contributed by atoms with Crippen molar-refractivity contribution in [1.82, 2.24) is 10.2 Å². The molecule has 1 heterocycles. The summed E-state index contributed by atoms with van der Waals surface area (Å²) in [5, 5.41) is 3.29. The van der Waals surface area contributed by atoms with Crippen molar-refractivity contribution < 1.29 is 9.18 Å². The largest absolute Gasteiger partial charge is 0.366 e. The molecule has 2 aliphatic rings. The Kier molecular flexibility index (Phi) is 3.34. The van der Waals surface area contributed by atoms with Gasteiger partial charge in [-0.05, 0) is 29.7 Å². The fraction of sp³-hybridized carbons (Fsp3) is 0.400. The molecule has 100 valence electrons. The quantitative estimate of drug-likeness (QED) is 0.880. The average molecular weight is 260 g/mol. The molecule has 0 radical (unpaired) electrons. The van der Waals surface area contributed by atoms with E-state index in [4.69, 9.17) is 0 Å². The fourth-order valence-electron chi connectivity index (χ4n) is 2.83. The molecule has 1 N–H and O–H groups in total. The number of nitrogens with zero attached hydrogens (tertiary/aromatic N) is 1. The summed E-state index contributed by atoms with van der Waals surface area (Å²) in [7, 11) is 0. The van der Waals surface area contributed by atoms with E-state index in [0.717, 1.165) is 49.4 Å². The Hall–Kier alpha value is -1.68. The Labute approximate surface area is 112 Å². The van der Waals surface area contributed by atoms with Gasteiger partial charge in [-0.25, -0.2) is 4.39 Å². The minimum absolute atomic E-state index is 0.223. The Balaban J connectivity index is 1.97. The van der Waals surface area contributed by atoms with Crippen molar-refractivity contribution in [3.63, 3.8) is 0 Å². The highest BCUT2D eigenvalue weighted by molar-refractivity contribution is 6.06. The summed E-state index contributed by atoms with van der Waals surface area (Å²) in [6.45, 7) is 3.55. The number of carbonyl (C=O) groups is 1. The zero-order valence-electron chi connectivity index (χ0n) is 10.8. The van der Waals surface area contributed by atoms with Gasteiger partial charge in [-0.15, -0.1) is 0 Å². The molecule has 0 atom stereocenters. The fourth-order valence-corrected chi connectivity index (χ4v) is 2.83. The molecule has 0 spiro atoms. The van der Waals surface area contributed by atoms with Crippen LogP contribution in [0.5, 0.6) is 0 Å². The first kappa shape index (κ1) is 12.4. The third-order valence-electron chi connectivity index (χ3n) is 3.78. The summed E-state index contributed by atoms with van der Waals surface area (Å²) in [6.07, 6.45) is 1.34. The lowest BCUT2D eigenvalue weighted by atomic mass is 10.0. The summed E-state index contributed by atoms with van der Waals surface area (Å²) >= 11 is 0. The van der Waals surface area contributed by atoms with Gasteiger partial charge in [0.05, 0.1) is 5.70 Å². The van der Waals surface area contributed by atoms with Crippen molar-refractivity contribution in [3.8, 4) is 0 Å². The van der Waals surface area contributed by atoms with Crippen molar-refractivity contribution in [1.29, 1.82) is 0 Å². The Morgan fingerprint density at radius 2 is 1.74 bits per heavy atom. The van der Waals surface area contributed by atoms with Crippen LogP contribution in [0.4, 0.5) is 4.39 Å². The molecule has 1 fully saturated rings. The van der Waals surface area contributed by atoms with Gasteiger partial charge < -0.3 is 10.2 Å². The van der Waals surface area contributed by atoms with Crippen LogP contribution in [0.3, 0.4) is 0 Å². The molecule has 0 bridgehead atoms. The number of benzene rings is 1. The maximum Gasteiger partial charge on any atom is 0.179 e. The first-order valence-corrected chi connectivity index (χ1v) is 6.73. The number of ketones is 1. The molecule has 1 aliphatic carbocycles. The lowest BCUT2D eigenvalue weighted by Gasteiger charge is -2.30. The van der Waals surface area contributed by atoms with Crippen molar-refractivity contribution in [2.45, 2.75) is 12.8 Å². The van der Waals surface area contributed by atoms with Gasteiger partial charge in [0.15, 0.2) is 5.78 Å². The number of Topliss-reactive ketones (excluding diaryl/α,β-unsaturated/α-hetero) is 1. The number of hydrogen-bond donors (Lipinski definition) is 1. The summed E-state index contributed by atoms with van der Waals surface area (Å²) in [5.41, 5.74) is 2.90. The van der Waals surface area contributed by atoms with E-state index in [-0.39, 0.29) is 11.6 Å². The lowest BCUT2D eigenvalue weighted by Crippen LogP contribution is -2.44. The van der Waals surface area contributed by atoms with Crippen LogP contribution >= 0.6 is 0 Å². The van der Waals surface area contributed by atoms with E-state index in [0.29, 0.717) is 6.42 Å². The number of nitrogens with one attached hydrogen (secondary N) is 1. The van der Waals surface area contributed by atoms with Gasteiger partial charge in [-0.3, -0.25) is 4.79 Å². The van der Waals surface area contributed by atoms with Crippen LogP contribution in [0, 0.1) is 5.82 Å². The molecular formula is C15H17FN2O. The summed E-state index contributed by atoms with van der Waals surface area (Å²) in [5.74, 6) is -0.0152. The van der Waals surface area contributed by atoms with Crippen LogP contribution in [0.1, 0.15) is 18.4 Å². The average Bonchev–Trinajstić information content (AvgIpc) is 2.82. The molecule has 1 saturated heterocycles. The monoisotopic (exact) mass is 260 g/mol. The number of rotatable bonds is 2. The second-order valence-electron chi connectivity index (χ2n) is 4.99. The van der Waals surface area contributed by atoms with Gasteiger partial charge in [-0.2, -0.15) is 0 Å². The Morgan fingerprint density at radius 1 is 1.05 bits per heavy atom. The second kappa shape index (κ2) is 5.13. The predicted molar refractivity (Wildman–Crippen MR) is 72.0 cm³/mol. The SMILES string of the molecule is O=C1CCC(c2ccc(F)cc2)=C1N1CCNCC1. The molecule has 1 aromatic rings. The lowest BCUT2D eigenvalue weighted by molar-refractivity contribution is -0.116. The molecule has 3 rings (SSSR count). The van der Waals surface area contributed by atoms with Crippen molar-refractivity contribution >= 4 is 11.4 Å². The van der Waals surface area contributed by atoms with Gasteiger partial charge in [-0.1, -0.05) is 12.1 Å². The van der Waals surface area contributed by atoms with Gasteiger partial charge in [0.25, 0.3) is 0 Å². The predicted octanol–water partition coefficient (Wildman–Crippen LogP) is 1.80. The van der Waals surface area contributed by atoms with E-state index in [1.54, 1.807) is 12.1 Å². The van der Waals surface area contributed by atoms with E-state index < -0.39 is 0 Å². The standard InChI is InChI=1S/C15H17FN2O/c16-12-3-1-11(2-4-12)13-5-6-14(19)15(13)18-9-7-17-8-10-18/h1-4,17H,5-10H2. The van der Waals surface area contributed by atoms with E-state index in [9.17, 15) is 9.18 Å². The highest BCUT2D eigenvalue weighted by Gasteiger charge is 2.29. The number of halogens is 1. The molecule has 0 unspecified atom stereocenters. The smallest absolute Gasteiger partial charge is 0.179 e. The third kappa shape index (κ3) is 2.40. The van der Waals surface area contributed by atoms with Gasteiger partial charge in [0.2, 0.25) is 0 Å². The van der Waals surface area contributed by atoms with E-state index >= 15 is 0 Å². The molecule has 0 aromatic heterocycles. The number of carbonyl (C=O) groups excluding carboxylic acids is 1. The van der Waals surface area contributed by atoms with Crippen LogP contribution < -0.4 is 5.32 Å². The Bertz CT molecular complexity index is 515. The van der Waals surface area contributed by atoms with Crippen LogP contribution in [0.15, 0.2) is 30.0 Å². The minimum Gasteiger partial charge on any atom is -0.366 e. The third-order valence-corrected chi connectivity index (χ3v) is 3.78. The van der Waals surface area contributed by atoms with Gasteiger partial charge >= 0.3 is 0 Å². The highest BCUT2D eigenvalue weighted by atomic mass is 19.1. The molecule has 3 nitrogen and oxygen atoms in total. The van der Waals surface area contributed by atoms with Crippen LogP contribution in [-0.2, 0) is 4.79 Å². The summed E-state index contributed by atoms with van der Waals surface area (Å²) < 4.78 is 13.0. The maximum absolute atomic E-state index is 13.0. The normalized spacial score (nSPS) is 20.3. The molecule has 1 aromatic carbocycles. The van der Waals surface area contributed by atoms with E-state index in [2.05, 4.69) is 10.2 Å². The van der Waals surface area contributed by atoms with Gasteiger partial charge in [0, 0.05) is 32.6 Å². The summed E-state index contributed by atoms with van der Waals surface area (Å²) in [6, 6.07) is 6.46. The van der Waals surface area contributed by atoms with Crippen LogP contribution in [-0.4, -0.2) is 36.9 Å². The molecule has 1 aliphatic heterocycles.